The molecule has 0 saturated carbocycles. The van der Waals surface area contributed by atoms with E-state index in [9.17, 15) is 45.8 Å². The van der Waals surface area contributed by atoms with Gasteiger partial charge in [0.05, 0.1) is 18.4 Å². The van der Waals surface area contributed by atoms with E-state index in [1.54, 1.807) is 22.2 Å². The number of nitrogens with one attached hydrogen (secondary N) is 3. The van der Waals surface area contributed by atoms with Gasteiger partial charge < -0.3 is 19.7 Å². The molecule has 2 atom stereocenters. The van der Waals surface area contributed by atoms with Crippen molar-refractivity contribution < 1.29 is 60.4 Å². The standard InChI is InChI=1S/C28H32F6N4O7/c1-3-14-44-23-19(27(29,30)31)15-20(35-25(42)43)21(36-23)22(40)37-38-24(41)26(28(32,33)34,13-9-5-6-10-17(2)39)45-16-18-11-7-4-8-12-18/h3-4,7-8,11-12,15,17,35,39H,1,5-6,9-10,13-14,16H2,2H3,(H,37,40)(H,38,41)(H,42,43)/t17?,26-/m1/s1. The third kappa shape index (κ3) is 10.6. The molecular formula is C28H32F6N4O7. The zero-order valence-corrected chi connectivity index (χ0v) is 23.9. The van der Waals surface area contributed by atoms with Crippen LogP contribution in [-0.2, 0) is 22.3 Å². The van der Waals surface area contributed by atoms with Crippen LogP contribution in [0.4, 0.5) is 36.8 Å². The first-order valence-electron chi connectivity index (χ1n) is 13.4. The van der Waals surface area contributed by atoms with E-state index < -0.39 is 84.4 Å². The summed E-state index contributed by atoms with van der Waals surface area (Å²) in [6, 6.07) is 7.81. The van der Waals surface area contributed by atoms with Crippen LogP contribution >= 0.6 is 0 Å². The molecule has 1 unspecified atom stereocenters. The van der Waals surface area contributed by atoms with Gasteiger partial charge in [0, 0.05) is 0 Å². The van der Waals surface area contributed by atoms with Crippen LogP contribution in [0.2, 0.25) is 0 Å². The van der Waals surface area contributed by atoms with Gasteiger partial charge in [-0.1, -0.05) is 55.8 Å². The molecule has 17 heteroatoms. The number of aliphatic hydroxyl groups is 1. The number of aliphatic hydroxyl groups excluding tert-OH is 1. The molecule has 248 valence electrons. The number of anilines is 1. The van der Waals surface area contributed by atoms with Gasteiger partial charge in [0.25, 0.3) is 11.8 Å². The maximum Gasteiger partial charge on any atom is 0.426 e. The number of alkyl halides is 6. The van der Waals surface area contributed by atoms with E-state index in [-0.39, 0.29) is 18.9 Å². The van der Waals surface area contributed by atoms with Gasteiger partial charge in [0.2, 0.25) is 11.5 Å². The monoisotopic (exact) mass is 650 g/mol. The third-order valence-electron chi connectivity index (χ3n) is 6.18. The summed E-state index contributed by atoms with van der Waals surface area (Å²) in [7, 11) is 0. The zero-order valence-electron chi connectivity index (χ0n) is 23.9. The van der Waals surface area contributed by atoms with Crippen LogP contribution in [-0.4, -0.2) is 57.6 Å². The highest BCUT2D eigenvalue weighted by atomic mass is 19.4. The number of hydrogen-bond donors (Lipinski definition) is 5. The van der Waals surface area contributed by atoms with Crippen molar-refractivity contribution in [3.63, 3.8) is 0 Å². The first-order chi connectivity index (χ1) is 21.0. The molecule has 2 aromatic rings. The van der Waals surface area contributed by atoms with E-state index in [2.05, 4.69) is 11.6 Å². The van der Waals surface area contributed by atoms with Crippen LogP contribution in [0.15, 0.2) is 49.1 Å². The van der Waals surface area contributed by atoms with Gasteiger partial charge in [-0.3, -0.25) is 25.8 Å². The van der Waals surface area contributed by atoms with E-state index in [1.165, 1.54) is 31.2 Å². The summed E-state index contributed by atoms with van der Waals surface area (Å²) in [4.78, 5) is 40.8. The van der Waals surface area contributed by atoms with Crippen LogP contribution in [0.25, 0.3) is 0 Å². The molecule has 0 bridgehead atoms. The fourth-order valence-electron chi connectivity index (χ4n) is 3.98. The Kier molecular flexibility index (Phi) is 13.2. The molecule has 0 saturated heterocycles. The Labute approximate surface area is 253 Å². The van der Waals surface area contributed by atoms with Crippen molar-refractivity contribution in [2.45, 2.75) is 69.7 Å². The van der Waals surface area contributed by atoms with E-state index in [1.807, 2.05) is 0 Å². The minimum Gasteiger partial charge on any atom is -0.473 e. The summed E-state index contributed by atoms with van der Waals surface area (Å²) < 4.78 is 94.6. The number of benzene rings is 1. The lowest BCUT2D eigenvalue weighted by Crippen LogP contribution is -2.61. The highest BCUT2D eigenvalue weighted by Gasteiger charge is 2.61. The Bertz CT molecular complexity index is 1320. The molecule has 3 amide bonds. The predicted molar refractivity (Wildman–Crippen MR) is 147 cm³/mol. The van der Waals surface area contributed by atoms with Crippen LogP contribution in [0.3, 0.4) is 0 Å². The van der Waals surface area contributed by atoms with Crippen molar-refractivity contribution in [3.05, 3.63) is 65.9 Å². The molecular weight excluding hydrogens is 618 g/mol. The molecule has 0 aliphatic carbocycles. The highest BCUT2D eigenvalue weighted by Crippen LogP contribution is 2.40. The molecule has 0 fully saturated rings. The normalized spacial score (nSPS) is 13.7. The molecule has 45 heavy (non-hydrogen) atoms. The molecule has 1 aromatic carbocycles. The largest absolute Gasteiger partial charge is 0.473 e. The van der Waals surface area contributed by atoms with E-state index >= 15 is 0 Å². The summed E-state index contributed by atoms with van der Waals surface area (Å²) in [5.74, 6) is -4.61. The number of nitrogens with zero attached hydrogens (tertiary/aromatic N) is 1. The van der Waals surface area contributed by atoms with Crippen LogP contribution < -0.4 is 20.9 Å². The van der Waals surface area contributed by atoms with Crippen molar-refractivity contribution in [3.8, 4) is 5.88 Å². The fourth-order valence-corrected chi connectivity index (χ4v) is 3.98. The number of aromatic nitrogens is 1. The minimum absolute atomic E-state index is 0.181. The molecule has 1 heterocycles. The van der Waals surface area contributed by atoms with Crippen molar-refractivity contribution >= 4 is 23.6 Å². The summed E-state index contributed by atoms with van der Waals surface area (Å²) in [6.07, 6.45) is -12.2. The number of carbonyl (C=O) groups is 3. The zero-order chi connectivity index (χ0) is 33.8. The average molecular weight is 651 g/mol. The number of amides is 3. The molecule has 0 aliphatic rings. The van der Waals surface area contributed by atoms with Gasteiger partial charge in [-0.25, -0.2) is 9.78 Å². The third-order valence-corrected chi connectivity index (χ3v) is 6.18. The second-order valence-corrected chi connectivity index (χ2v) is 9.72. The fraction of sp³-hybridized carbons (Fsp3) is 0.429. The van der Waals surface area contributed by atoms with Crippen LogP contribution in [0.5, 0.6) is 5.88 Å². The Morgan fingerprint density at radius 2 is 1.71 bits per heavy atom. The number of ether oxygens (including phenoxy) is 2. The smallest absolute Gasteiger partial charge is 0.426 e. The molecule has 5 N–H and O–H groups in total. The molecule has 0 aliphatic heterocycles. The number of hydrazine groups is 1. The topological polar surface area (TPSA) is 159 Å². The van der Waals surface area contributed by atoms with Gasteiger partial charge in [-0.15, -0.1) is 0 Å². The van der Waals surface area contributed by atoms with E-state index in [0.717, 1.165) is 6.08 Å². The van der Waals surface area contributed by atoms with E-state index in [0.29, 0.717) is 18.4 Å². The minimum atomic E-state index is -5.32. The maximum absolute atomic E-state index is 14.6. The number of halogens is 6. The molecule has 0 radical (unpaired) electrons. The van der Waals surface area contributed by atoms with Gasteiger partial charge >= 0.3 is 18.4 Å². The first kappa shape index (κ1) is 36.8. The van der Waals surface area contributed by atoms with E-state index in [4.69, 9.17) is 14.6 Å². The lowest BCUT2D eigenvalue weighted by molar-refractivity contribution is -0.273. The Hall–Kier alpha value is -4.38. The SMILES string of the molecule is C=CCOc1nc(C(=O)NNC(=O)[C@@](CCCCCC(C)O)(OCc2ccccc2)C(F)(F)F)c(NC(=O)O)cc1C(F)(F)F. The second-order valence-electron chi connectivity index (χ2n) is 9.72. The average Bonchev–Trinajstić information content (AvgIpc) is 2.95. The summed E-state index contributed by atoms with van der Waals surface area (Å²) in [6.45, 7) is 3.62. The van der Waals surface area contributed by atoms with Crippen molar-refractivity contribution in [1.29, 1.82) is 0 Å². The van der Waals surface area contributed by atoms with Crippen LogP contribution in [0.1, 0.15) is 60.6 Å². The van der Waals surface area contributed by atoms with Crippen LogP contribution in [0, 0.1) is 0 Å². The predicted octanol–water partition coefficient (Wildman–Crippen LogP) is 5.37. The van der Waals surface area contributed by atoms with Crippen molar-refractivity contribution in [1.82, 2.24) is 15.8 Å². The van der Waals surface area contributed by atoms with Gasteiger partial charge in [-0.05, 0) is 37.8 Å². The quantitative estimate of drug-likeness (QED) is 0.0746. The first-order valence-corrected chi connectivity index (χ1v) is 13.4. The van der Waals surface area contributed by atoms with Gasteiger partial charge in [-0.2, -0.15) is 26.3 Å². The number of pyridine rings is 1. The molecule has 1 aromatic heterocycles. The molecule has 11 nitrogen and oxygen atoms in total. The Morgan fingerprint density at radius 3 is 2.27 bits per heavy atom. The molecule has 2 rings (SSSR count). The highest BCUT2D eigenvalue weighted by molar-refractivity contribution is 6.02. The Morgan fingerprint density at radius 1 is 1.04 bits per heavy atom. The number of carbonyl (C=O) groups excluding carboxylic acids is 2. The number of rotatable bonds is 15. The maximum atomic E-state index is 14.6. The second kappa shape index (κ2) is 16.1. The summed E-state index contributed by atoms with van der Waals surface area (Å²) in [5.41, 5.74) is -3.62. The summed E-state index contributed by atoms with van der Waals surface area (Å²) >= 11 is 0. The van der Waals surface area contributed by atoms with Crippen molar-refractivity contribution in [2.75, 3.05) is 11.9 Å². The van der Waals surface area contributed by atoms with Crippen molar-refractivity contribution in [2.24, 2.45) is 0 Å². The van der Waals surface area contributed by atoms with Gasteiger partial charge in [0.1, 0.15) is 12.2 Å². The van der Waals surface area contributed by atoms with Gasteiger partial charge in [0.15, 0.2) is 5.69 Å². The summed E-state index contributed by atoms with van der Waals surface area (Å²) in [5, 5.41) is 20.1. The molecule has 0 spiro atoms. The lowest BCUT2D eigenvalue weighted by Gasteiger charge is -2.34. The number of carboxylic acid groups (broad SMARTS) is 1. The number of unbranched alkanes of at least 4 members (excludes halogenated alkanes) is 2. The number of hydrogen-bond acceptors (Lipinski definition) is 7. The Balaban J connectivity index is 2.42. The lowest BCUT2D eigenvalue weighted by atomic mass is 9.93.